The van der Waals surface area contributed by atoms with Gasteiger partial charge in [0, 0.05) is 13.2 Å². The molecule has 0 saturated heterocycles. The molecule has 0 aromatic carbocycles. The highest BCUT2D eigenvalue weighted by Gasteiger charge is 2.15. The number of rotatable bonds is 8. The van der Waals surface area contributed by atoms with Crippen molar-refractivity contribution < 1.29 is 19.0 Å². The van der Waals surface area contributed by atoms with E-state index in [9.17, 15) is 4.79 Å². The number of hydrogen-bond acceptors (Lipinski definition) is 4. The maximum Gasteiger partial charge on any atom is 0.407 e. The third kappa shape index (κ3) is 12.8. The molecule has 0 aromatic heterocycles. The van der Waals surface area contributed by atoms with Crippen molar-refractivity contribution in [1.29, 1.82) is 0 Å². The Morgan fingerprint density at radius 1 is 1.22 bits per heavy atom. The van der Waals surface area contributed by atoms with E-state index in [1.165, 1.54) is 0 Å². The Morgan fingerprint density at radius 2 is 1.89 bits per heavy atom. The summed E-state index contributed by atoms with van der Waals surface area (Å²) in [7, 11) is 0. The SMILES string of the molecule is C#CCOCCCOCCNC(=O)OC(C)(C)C. The molecule has 0 aliphatic heterocycles. The van der Waals surface area contributed by atoms with Crippen LogP contribution in [0.1, 0.15) is 27.2 Å². The van der Waals surface area contributed by atoms with Crippen molar-refractivity contribution in [3.8, 4) is 12.3 Å². The first-order chi connectivity index (χ1) is 8.45. The lowest BCUT2D eigenvalue weighted by Crippen LogP contribution is -2.34. The summed E-state index contributed by atoms with van der Waals surface area (Å²) in [6.07, 6.45) is 5.38. The highest BCUT2D eigenvalue weighted by atomic mass is 16.6. The average molecular weight is 257 g/mol. The molecule has 104 valence electrons. The van der Waals surface area contributed by atoms with Crippen LogP contribution in [0, 0.1) is 12.3 Å². The Morgan fingerprint density at radius 3 is 2.50 bits per heavy atom. The van der Waals surface area contributed by atoms with Crippen molar-refractivity contribution >= 4 is 6.09 Å². The number of alkyl carbamates (subject to hydrolysis) is 1. The Balaban J connectivity index is 3.26. The molecule has 5 nitrogen and oxygen atoms in total. The number of ether oxygens (including phenoxy) is 3. The molecule has 1 N–H and O–H groups in total. The molecule has 0 aromatic rings. The molecule has 0 radical (unpaired) electrons. The molecule has 0 saturated carbocycles. The van der Waals surface area contributed by atoms with Crippen molar-refractivity contribution in [3.05, 3.63) is 0 Å². The van der Waals surface area contributed by atoms with E-state index < -0.39 is 11.7 Å². The monoisotopic (exact) mass is 257 g/mol. The quantitative estimate of drug-likeness (QED) is 0.529. The van der Waals surface area contributed by atoms with Crippen LogP contribution in [-0.4, -0.2) is 44.7 Å². The summed E-state index contributed by atoms with van der Waals surface area (Å²) in [5, 5.41) is 2.61. The van der Waals surface area contributed by atoms with Gasteiger partial charge in [-0.25, -0.2) is 4.79 Å². The third-order valence-electron chi connectivity index (χ3n) is 1.68. The Bertz CT molecular complexity index is 265. The fourth-order valence-electron chi connectivity index (χ4n) is 1.04. The fourth-order valence-corrected chi connectivity index (χ4v) is 1.04. The van der Waals surface area contributed by atoms with Gasteiger partial charge in [-0.3, -0.25) is 0 Å². The van der Waals surface area contributed by atoms with E-state index in [0.29, 0.717) is 33.0 Å². The summed E-state index contributed by atoms with van der Waals surface area (Å²) >= 11 is 0. The van der Waals surface area contributed by atoms with Crippen LogP contribution in [0.2, 0.25) is 0 Å². The average Bonchev–Trinajstić information content (AvgIpc) is 2.24. The van der Waals surface area contributed by atoms with Crippen LogP contribution in [0.15, 0.2) is 0 Å². The molecule has 1 amide bonds. The Hall–Kier alpha value is -1.25. The summed E-state index contributed by atoms with van der Waals surface area (Å²) < 4.78 is 15.4. The molecule has 0 heterocycles. The van der Waals surface area contributed by atoms with E-state index in [4.69, 9.17) is 20.6 Å². The van der Waals surface area contributed by atoms with Gasteiger partial charge in [0.2, 0.25) is 0 Å². The summed E-state index contributed by atoms with van der Waals surface area (Å²) in [6, 6.07) is 0. The lowest BCUT2D eigenvalue weighted by molar-refractivity contribution is 0.0489. The summed E-state index contributed by atoms with van der Waals surface area (Å²) in [5.74, 6) is 2.39. The van der Waals surface area contributed by atoms with E-state index in [0.717, 1.165) is 6.42 Å². The van der Waals surface area contributed by atoms with Crippen molar-refractivity contribution in [2.75, 3.05) is 33.0 Å². The lowest BCUT2D eigenvalue weighted by Gasteiger charge is -2.19. The number of terminal acetylenes is 1. The van der Waals surface area contributed by atoms with Gasteiger partial charge < -0.3 is 19.5 Å². The van der Waals surface area contributed by atoms with Gasteiger partial charge in [-0.1, -0.05) is 5.92 Å². The van der Waals surface area contributed by atoms with Crippen LogP contribution in [0.4, 0.5) is 4.79 Å². The van der Waals surface area contributed by atoms with E-state index in [1.54, 1.807) is 0 Å². The summed E-state index contributed by atoms with van der Waals surface area (Å²) in [6.45, 7) is 7.84. The molecular formula is C13H23NO4. The number of nitrogens with one attached hydrogen (secondary N) is 1. The predicted molar refractivity (Wildman–Crippen MR) is 69.3 cm³/mol. The largest absolute Gasteiger partial charge is 0.444 e. The van der Waals surface area contributed by atoms with Crippen LogP contribution in [0.25, 0.3) is 0 Å². The van der Waals surface area contributed by atoms with Crippen molar-refractivity contribution in [2.24, 2.45) is 0 Å². The van der Waals surface area contributed by atoms with Gasteiger partial charge in [0.1, 0.15) is 12.2 Å². The van der Waals surface area contributed by atoms with Crippen LogP contribution < -0.4 is 5.32 Å². The predicted octanol–water partition coefficient (Wildman–Crippen LogP) is 1.57. The van der Waals surface area contributed by atoms with E-state index in [-0.39, 0.29) is 0 Å². The van der Waals surface area contributed by atoms with Gasteiger partial charge in [-0.05, 0) is 27.2 Å². The first-order valence-electron chi connectivity index (χ1n) is 6.01. The Kier molecular flexibility index (Phi) is 9.07. The number of amides is 1. The zero-order chi connectivity index (χ0) is 13.9. The maximum absolute atomic E-state index is 11.2. The lowest BCUT2D eigenvalue weighted by atomic mass is 10.2. The molecule has 0 fully saturated rings. The standard InChI is InChI=1S/C13H23NO4/c1-5-8-16-9-6-10-17-11-7-14-12(15)18-13(2,3)4/h1H,6-11H2,2-4H3,(H,14,15). The smallest absolute Gasteiger partial charge is 0.407 e. The molecule has 18 heavy (non-hydrogen) atoms. The second kappa shape index (κ2) is 9.75. The topological polar surface area (TPSA) is 56.8 Å². The molecule has 0 unspecified atom stereocenters. The van der Waals surface area contributed by atoms with Crippen molar-refractivity contribution in [2.45, 2.75) is 32.8 Å². The van der Waals surface area contributed by atoms with E-state index in [2.05, 4.69) is 11.2 Å². The number of carbonyl (C=O) groups excluding carboxylic acids is 1. The Labute approximate surface area is 109 Å². The van der Waals surface area contributed by atoms with Crippen LogP contribution >= 0.6 is 0 Å². The zero-order valence-corrected chi connectivity index (χ0v) is 11.5. The first kappa shape index (κ1) is 16.8. The second-order valence-electron chi connectivity index (χ2n) is 4.65. The zero-order valence-electron chi connectivity index (χ0n) is 11.5. The maximum atomic E-state index is 11.2. The molecule has 0 spiro atoms. The van der Waals surface area contributed by atoms with E-state index >= 15 is 0 Å². The highest BCUT2D eigenvalue weighted by molar-refractivity contribution is 5.67. The van der Waals surface area contributed by atoms with Crippen LogP contribution in [0.3, 0.4) is 0 Å². The number of hydrogen-bond donors (Lipinski definition) is 1. The molecular weight excluding hydrogens is 234 g/mol. The van der Waals surface area contributed by atoms with E-state index in [1.807, 2.05) is 20.8 Å². The molecule has 0 rings (SSSR count). The minimum atomic E-state index is -0.473. The van der Waals surface area contributed by atoms with Gasteiger partial charge in [0.15, 0.2) is 0 Å². The molecule has 0 bridgehead atoms. The summed E-state index contributed by atoms with van der Waals surface area (Å²) in [5.41, 5.74) is -0.473. The fraction of sp³-hybridized carbons (Fsp3) is 0.769. The third-order valence-corrected chi connectivity index (χ3v) is 1.68. The van der Waals surface area contributed by atoms with Gasteiger partial charge in [-0.15, -0.1) is 6.42 Å². The second-order valence-corrected chi connectivity index (χ2v) is 4.65. The molecule has 5 heteroatoms. The van der Waals surface area contributed by atoms with Crippen LogP contribution in [-0.2, 0) is 14.2 Å². The first-order valence-corrected chi connectivity index (χ1v) is 6.01. The number of carbonyl (C=O) groups is 1. The minimum Gasteiger partial charge on any atom is -0.444 e. The minimum absolute atomic E-state index is 0.334. The summed E-state index contributed by atoms with van der Waals surface area (Å²) in [4.78, 5) is 11.2. The van der Waals surface area contributed by atoms with Gasteiger partial charge in [0.05, 0.1) is 13.2 Å². The normalized spacial score (nSPS) is 10.8. The van der Waals surface area contributed by atoms with Gasteiger partial charge >= 0.3 is 6.09 Å². The molecule has 0 atom stereocenters. The van der Waals surface area contributed by atoms with Gasteiger partial charge in [-0.2, -0.15) is 0 Å². The molecule has 0 aliphatic rings. The van der Waals surface area contributed by atoms with Crippen molar-refractivity contribution in [3.63, 3.8) is 0 Å². The molecule has 0 aliphatic carbocycles. The van der Waals surface area contributed by atoms with Gasteiger partial charge in [0.25, 0.3) is 0 Å². The van der Waals surface area contributed by atoms with Crippen LogP contribution in [0.5, 0.6) is 0 Å². The highest BCUT2D eigenvalue weighted by Crippen LogP contribution is 2.05. The van der Waals surface area contributed by atoms with Crippen molar-refractivity contribution in [1.82, 2.24) is 5.32 Å².